The first-order valence-electron chi connectivity index (χ1n) is 10.2. The number of nitrogens with zero attached hydrogens (tertiary/aromatic N) is 2. The maximum absolute atomic E-state index is 13.7. The Bertz CT molecular complexity index is 1220. The van der Waals surface area contributed by atoms with Crippen LogP contribution in [0.2, 0.25) is 0 Å². The maximum Gasteiger partial charge on any atom is 0.268 e. The van der Waals surface area contributed by atoms with Crippen LogP contribution in [0.4, 0.5) is 11.4 Å². The van der Waals surface area contributed by atoms with Crippen LogP contribution in [0.15, 0.2) is 71.6 Å². The van der Waals surface area contributed by atoms with Crippen molar-refractivity contribution in [2.24, 2.45) is 0 Å². The molecule has 0 unspecified atom stereocenters. The number of carbonyl (C=O) groups excluding carboxylic acids is 1. The molecular weight excluding hydrogens is 424 g/mol. The molecule has 0 atom stereocenters. The summed E-state index contributed by atoms with van der Waals surface area (Å²) in [5.41, 5.74) is 4.05. The number of aryl methyl sites for hydroxylation is 3. The predicted molar refractivity (Wildman–Crippen MR) is 128 cm³/mol. The van der Waals surface area contributed by atoms with E-state index < -0.39 is 10.0 Å². The van der Waals surface area contributed by atoms with Gasteiger partial charge in [0.1, 0.15) is 17.2 Å². The first kappa shape index (κ1) is 23.3. The lowest BCUT2D eigenvalue weighted by molar-refractivity contribution is -0.116. The zero-order valence-corrected chi connectivity index (χ0v) is 19.8. The molecule has 0 fully saturated rings. The number of carbonyl (C=O) groups is 1. The van der Waals surface area contributed by atoms with Gasteiger partial charge < -0.3 is 9.64 Å². The molecule has 7 heteroatoms. The summed E-state index contributed by atoms with van der Waals surface area (Å²) in [5.74, 6) is -0.126. The quantitative estimate of drug-likeness (QED) is 0.530. The molecule has 3 aromatic carbocycles. The molecule has 0 aliphatic heterocycles. The van der Waals surface area contributed by atoms with Crippen molar-refractivity contribution in [3.05, 3.63) is 83.4 Å². The zero-order chi connectivity index (χ0) is 23.5. The molecular formula is C25H28N2O4S. The second kappa shape index (κ2) is 9.44. The molecule has 3 rings (SSSR count). The van der Waals surface area contributed by atoms with Crippen LogP contribution in [-0.4, -0.2) is 35.0 Å². The Labute approximate surface area is 190 Å². The van der Waals surface area contributed by atoms with Gasteiger partial charge in [-0.25, -0.2) is 8.42 Å². The van der Waals surface area contributed by atoms with Crippen LogP contribution in [0, 0.1) is 20.8 Å². The lowest BCUT2D eigenvalue weighted by atomic mass is 10.1. The Kier molecular flexibility index (Phi) is 6.89. The summed E-state index contributed by atoms with van der Waals surface area (Å²) in [6.07, 6.45) is 0. The number of hydrogen-bond acceptors (Lipinski definition) is 4. The van der Waals surface area contributed by atoms with Gasteiger partial charge in [0, 0.05) is 12.7 Å². The highest BCUT2D eigenvalue weighted by Gasteiger charge is 2.31. The van der Waals surface area contributed by atoms with Crippen molar-refractivity contribution in [2.75, 3.05) is 29.9 Å². The van der Waals surface area contributed by atoms with E-state index in [1.807, 2.05) is 39.0 Å². The van der Waals surface area contributed by atoms with E-state index in [1.54, 1.807) is 55.6 Å². The van der Waals surface area contributed by atoms with Crippen molar-refractivity contribution in [1.29, 1.82) is 0 Å². The lowest BCUT2D eigenvalue weighted by Gasteiger charge is -2.27. The van der Waals surface area contributed by atoms with Gasteiger partial charge in [0.2, 0.25) is 5.91 Å². The summed E-state index contributed by atoms with van der Waals surface area (Å²) < 4.78 is 33.9. The fraction of sp³-hybridized carbons (Fsp3) is 0.240. The Morgan fingerprint density at radius 2 is 1.56 bits per heavy atom. The maximum atomic E-state index is 13.7. The number of para-hydroxylation sites is 1. The number of anilines is 2. The van der Waals surface area contributed by atoms with E-state index in [0.717, 1.165) is 21.0 Å². The topological polar surface area (TPSA) is 66.9 Å². The summed E-state index contributed by atoms with van der Waals surface area (Å²) in [4.78, 5) is 14.7. The van der Waals surface area contributed by atoms with E-state index in [9.17, 15) is 13.2 Å². The van der Waals surface area contributed by atoms with E-state index in [0.29, 0.717) is 11.4 Å². The van der Waals surface area contributed by atoms with Crippen molar-refractivity contribution in [3.63, 3.8) is 0 Å². The van der Waals surface area contributed by atoms with Crippen molar-refractivity contribution in [1.82, 2.24) is 0 Å². The Hall–Kier alpha value is -3.32. The Morgan fingerprint density at radius 3 is 2.19 bits per heavy atom. The summed E-state index contributed by atoms with van der Waals surface area (Å²) in [5, 5.41) is 0. The van der Waals surface area contributed by atoms with Crippen LogP contribution >= 0.6 is 0 Å². The van der Waals surface area contributed by atoms with Crippen LogP contribution in [0.25, 0.3) is 0 Å². The van der Waals surface area contributed by atoms with Crippen LogP contribution < -0.4 is 13.9 Å². The van der Waals surface area contributed by atoms with Crippen molar-refractivity contribution >= 4 is 27.3 Å². The molecule has 168 valence electrons. The Morgan fingerprint density at radius 1 is 0.875 bits per heavy atom. The van der Waals surface area contributed by atoms with E-state index in [2.05, 4.69) is 0 Å². The van der Waals surface area contributed by atoms with Crippen LogP contribution in [0.5, 0.6) is 5.75 Å². The normalized spacial score (nSPS) is 11.2. The zero-order valence-electron chi connectivity index (χ0n) is 19.0. The molecule has 0 bridgehead atoms. The van der Waals surface area contributed by atoms with Crippen molar-refractivity contribution in [2.45, 2.75) is 25.7 Å². The highest BCUT2D eigenvalue weighted by molar-refractivity contribution is 7.93. The summed E-state index contributed by atoms with van der Waals surface area (Å²) >= 11 is 0. The van der Waals surface area contributed by atoms with Crippen LogP contribution in [0.3, 0.4) is 0 Å². The molecule has 0 saturated carbocycles. The average Bonchev–Trinajstić information content (AvgIpc) is 2.79. The smallest absolute Gasteiger partial charge is 0.268 e. The van der Waals surface area contributed by atoms with E-state index in [-0.39, 0.29) is 23.1 Å². The summed E-state index contributed by atoms with van der Waals surface area (Å²) in [6.45, 7) is 5.43. The standard InChI is InChI=1S/C25H28N2O4S/c1-18-11-14-23(31-5)24(15-18)32(29,30)27(21-9-7-6-8-10-21)17-25(28)26(4)22-13-12-19(2)20(3)16-22/h6-16H,17H2,1-5H3. The van der Waals surface area contributed by atoms with E-state index in [1.165, 1.54) is 12.0 Å². The van der Waals surface area contributed by atoms with E-state index >= 15 is 0 Å². The largest absolute Gasteiger partial charge is 0.495 e. The number of hydrogen-bond donors (Lipinski definition) is 0. The molecule has 0 aromatic heterocycles. The lowest BCUT2D eigenvalue weighted by Crippen LogP contribution is -2.42. The van der Waals surface area contributed by atoms with Crippen molar-refractivity contribution in [3.8, 4) is 5.75 Å². The molecule has 0 spiro atoms. The van der Waals surface area contributed by atoms with Gasteiger partial charge in [-0.1, -0.05) is 30.3 Å². The molecule has 0 N–H and O–H groups in total. The second-order valence-corrected chi connectivity index (χ2v) is 9.55. The number of ether oxygens (including phenoxy) is 1. The first-order valence-corrected chi connectivity index (χ1v) is 11.7. The molecule has 3 aromatic rings. The number of amides is 1. The fourth-order valence-corrected chi connectivity index (χ4v) is 4.98. The highest BCUT2D eigenvalue weighted by atomic mass is 32.2. The third-order valence-electron chi connectivity index (χ3n) is 5.46. The molecule has 0 heterocycles. The van der Waals surface area contributed by atoms with Gasteiger partial charge in [-0.05, 0) is 73.9 Å². The Balaban J connectivity index is 2.03. The molecule has 0 aliphatic carbocycles. The molecule has 32 heavy (non-hydrogen) atoms. The molecule has 0 saturated heterocycles. The van der Waals surface area contributed by atoms with Gasteiger partial charge in [0.25, 0.3) is 10.0 Å². The van der Waals surface area contributed by atoms with Gasteiger partial charge in [-0.2, -0.15) is 0 Å². The first-order chi connectivity index (χ1) is 15.1. The number of sulfonamides is 1. The second-order valence-electron chi connectivity index (χ2n) is 7.72. The summed E-state index contributed by atoms with van der Waals surface area (Å²) in [7, 11) is -1.01. The van der Waals surface area contributed by atoms with Gasteiger partial charge in [0.15, 0.2) is 0 Å². The van der Waals surface area contributed by atoms with Crippen LogP contribution in [0.1, 0.15) is 16.7 Å². The number of rotatable bonds is 7. The molecule has 6 nitrogen and oxygen atoms in total. The van der Waals surface area contributed by atoms with Gasteiger partial charge in [-0.15, -0.1) is 0 Å². The fourth-order valence-electron chi connectivity index (χ4n) is 3.32. The van der Waals surface area contributed by atoms with E-state index in [4.69, 9.17) is 4.74 Å². The average molecular weight is 453 g/mol. The molecule has 1 amide bonds. The predicted octanol–water partition coefficient (Wildman–Crippen LogP) is 4.48. The third-order valence-corrected chi connectivity index (χ3v) is 7.26. The SMILES string of the molecule is COc1ccc(C)cc1S(=O)(=O)N(CC(=O)N(C)c1ccc(C)c(C)c1)c1ccccc1. The van der Waals surface area contributed by atoms with Gasteiger partial charge in [-0.3, -0.25) is 9.10 Å². The monoisotopic (exact) mass is 452 g/mol. The number of methoxy groups -OCH3 is 1. The number of likely N-dealkylation sites (N-methyl/N-ethyl adjacent to an activating group) is 1. The minimum Gasteiger partial charge on any atom is -0.495 e. The number of benzene rings is 3. The summed E-state index contributed by atoms with van der Waals surface area (Å²) in [6, 6.07) is 19.3. The van der Waals surface area contributed by atoms with Gasteiger partial charge in [0.05, 0.1) is 12.8 Å². The third kappa shape index (κ3) is 4.78. The minimum atomic E-state index is -4.08. The highest BCUT2D eigenvalue weighted by Crippen LogP contribution is 2.31. The molecule has 0 aliphatic rings. The van der Waals surface area contributed by atoms with Crippen LogP contribution in [-0.2, 0) is 14.8 Å². The molecule has 0 radical (unpaired) electrons. The minimum absolute atomic E-state index is 0.0190. The van der Waals surface area contributed by atoms with Gasteiger partial charge >= 0.3 is 0 Å². The van der Waals surface area contributed by atoms with Crippen molar-refractivity contribution < 1.29 is 17.9 Å².